The van der Waals surface area contributed by atoms with E-state index in [0.29, 0.717) is 7.11 Å². The standard InChI is InChI=1S/C4H3F7O.C3H4F4O/c1-12-4(10,11)2(5,6)3(7,8)9;1-8-3(6,7)2(4)5/h1H3;2H,1H3. The first-order valence-corrected chi connectivity index (χ1v) is 4.15. The Labute approximate surface area is 104 Å². The number of alkyl halides is 11. The lowest BCUT2D eigenvalue weighted by molar-refractivity contribution is -0.418. The summed E-state index contributed by atoms with van der Waals surface area (Å²) < 4.78 is 131. The zero-order chi connectivity index (χ0) is 17.0. The summed E-state index contributed by atoms with van der Waals surface area (Å²) in [5, 5.41) is 0. The lowest BCUT2D eigenvalue weighted by Crippen LogP contribution is -2.52. The van der Waals surface area contributed by atoms with Crippen molar-refractivity contribution in [2.75, 3.05) is 14.2 Å². The van der Waals surface area contributed by atoms with Gasteiger partial charge in [0.1, 0.15) is 0 Å². The molecule has 0 rings (SSSR count). The molecule has 0 atom stereocenters. The van der Waals surface area contributed by atoms with Crippen LogP contribution in [0.1, 0.15) is 0 Å². The van der Waals surface area contributed by atoms with E-state index in [1.165, 1.54) is 0 Å². The second kappa shape index (κ2) is 6.74. The smallest absolute Gasteiger partial charge is 0.319 e. The highest BCUT2D eigenvalue weighted by Gasteiger charge is 2.74. The van der Waals surface area contributed by atoms with E-state index >= 15 is 0 Å². The van der Waals surface area contributed by atoms with Gasteiger partial charge in [-0.25, -0.2) is 8.78 Å². The molecule has 2 nitrogen and oxygen atoms in total. The molecule has 0 saturated heterocycles. The van der Waals surface area contributed by atoms with Gasteiger partial charge in [0.05, 0.1) is 0 Å². The van der Waals surface area contributed by atoms with E-state index < -0.39 is 30.7 Å². The van der Waals surface area contributed by atoms with Crippen LogP contribution in [0.3, 0.4) is 0 Å². The fourth-order valence-electron chi connectivity index (χ4n) is 0.382. The molecule has 0 heterocycles. The van der Waals surface area contributed by atoms with E-state index in [2.05, 4.69) is 9.47 Å². The molecule has 0 aliphatic rings. The van der Waals surface area contributed by atoms with Crippen LogP contribution in [0, 0.1) is 0 Å². The Balaban J connectivity index is 0. The topological polar surface area (TPSA) is 18.5 Å². The number of halogens is 11. The fraction of sp³-hybridized carbons (Fsp3) is 1.00. The third-order valence-electron chi connectivity index (χ3n) is 1.50. The van der Waals surface area contributed by atoms with Crippen molar-refractivity contribution in [3.05, 3.63) is 0 Å². The van der Waals surface area contributed by atoms with E-state index in [9.17, 15) is 48.3 Å². The predicted octanol–water partition coefficient (Wildman–Crippen LogP) is 3.91. The number of hydrogen-bond donors (Lipinski definition) is 0. The molecule has 20 heavy (non-hydrogen) atoms. The van der Waals surface area contributed by atoms with Gasteiger partial charge in [0.25, 0.3) is 0 Å². The number of methoxy groups -OCH3 is 2. The molecule has 0 aromatic rings. The van der Waals surface area contributed by atoms with Crippen molar-refractivity contribution < 1.29 is 57.8 Å². The minimum atomic E-state index is -6.33. The molecule has 0 amide bonds. The van der Waals surface area contributed by atoms with Gasteiger partial charge >= 0.3 is 30.7 Å². The summed E-state index contributed by atoms with van der Waals surface area (Å²) in [4.78, 5) is 0. The van der Waals surface area contributed by atoms with E-state index in [4.69, 9.17) is 0 Å². The Bertz CT molecular complexity index is 285. The molecule has 0 spiro atoms. The maximum Gasteiger partial charge on any atom is 0.462 e. The maximum atomic E-state index is 11.7. The van der Waals surface area contributed by atoms with Crippen LogP contribution in [0.4, 0.5) is 48.3 Å². The zero-order valence-corrected chi connectivity index (χ0v) is 9.55. The molecule has 0 fully saturated rings. The first kappa shape index (κ1) is 21.4. The number of rotatable bonds is 4. The number of ether oxygens (including phenoxy) is 2. The second-order valence-corrected chi connectivity index (χ2v) is 2.86. The fourth-order valence-corrected chi connectivity index (χ4v) is 0.382. The molecule has 0 aromatic carbocycles. The summed E-state index contributed by atoms with van der Waals surface area (Å²) in [6.45, 7) is 0. The van der Waals surface area contributed by atoms with Gasteiger partial charge in [-0.05, 0) is 0 Å². The molecular weight excluding hydrogens is 325 g/mol. The molecule has 0 aliphatic heterocycles. The van der Waals surface area contributed by atoms with Gasteiger partial charge in [-0.1, -0.05) is 0 Å². The summed E-state index contributed by atoms with van der Waals surface area (Å²) in [6.07, 6.45) is -19.9. The monoisotopic (exact) mass is 332 g/mol. The van der Waals surface area contributed by atoms with E-state index in [0.717, 1.165) is 0 Å². The van der Waals surface area contributed by atoms with Gasteiger partial charge in [0.15, 0.2) is 0 Å². The van der Waals surface area contributed by atoms with Gasteiger partial charge in [0, 0.05) is 14.2 Å². The molecule has 0 aliphatic carbocycles. The molecule has 0 radical (unpaired) electrons. The van der Waals surface area contributed by atoms with Crippen molar-refractivity contribution in [1.29, 1.82) is 0 Å². The van der Waals surface area contributed by atoms with Crippen LogP contribution >= 0.6 is 0 Å². The Kier molecular flexibility index (Phi) is 7.22. The summed E-state index contributed by atoms with van der Waals surface area (Å²) >= 11 is 0. The van der Waals surface area contributed by atoms with Crippen LogP contribution < -0.4 is 0 Å². The molecule has 0 unspecified atom stereocenters. The van der Waals surface area contributed by atoms with Crippen LogP contribution in [0.2, 0.25) is 0 Å². The van der Waals surface area contributed by atoms with Crippen molar-refractivity contribution in [1.82, 2.24) is 0 Å². The minimum Gasteiger partial charge on any atom is -0.319 e. The number of hydrogen-bond acceptors (Lipinski definition) is 2. The highest BCUT2D eigenvalue weighted by atomic mass is 19.4. The SMILES string of the molecule is COC(F)(F)C(F)(F)C(F)(F)F.COC(F)(F)C(F)F. The third kappa shape index (κ3) is 5.26. The Morgan fingerprint density at radius 1 is 0.700 bits per heavy atom. The van der Waals surface area contributed by atoms with Crippen LogP contribution in [-0.4, -0.2) is 45.0 Å². The second-order valence-electron chi connectivity index (χ2n) is 2.86. The van der Waals surface area contributed by atoms with Crippen molar-refractivity contribution >= 4 is 0 Å². The Morgan fingerprint density at radius 2 is 1.05 bits per heavy atom. The molecule has 124 valence electrons. The van der Waals surface area contributed by atoms with Crippen molar-refractivity contribution in [3.63, 3.8) is 0 Å². The minimum absolute atomic E-state index is 0.0552. The molecular formula is C7H7F11O2. The predicted molar refractivity (Wildman–Crippen MR) is 40.9 cm³/mol. The summed E-state index contributed by atoms with van der Waals surface area (Å²) in [7, 11) is 0.575. The van der Waals surface area contributed by atoms with Gasteiger partial charge in [-0.3, -0.25) is 0 Å². The maximum absolute atomic E-state index is 11.7. The quantitative estimate of drug-likeness (QED) is 0.727. The molecule has 0 N–H and O–H groups in total. The van der Waals surface area contributed by atoms with E-state index in [1.807, 2.05) is 0 Å². The van der Waals surface area contributed by atoms with Crippen LogP contribution in [0.5, 0.6) is 0 Å². The highest BCUT2D eigenvalue weighted by Crippen LogP contribution is 2.46. The summed E-state index contributed by atoms with van der Waals surface area (Å²) in [5.41, 5.74) is 0. The Hall–Kier alpha value is -0.850. The van der Waals surface area contributed by atoms with Crippen LogP contribution in [-0.2, 0) is 9.47 Å². The average Bonchev–Trinajstić information content (AvgIpc) is 2.27. The van der Waals surface area contributed by atoms with Crippen LogP contribution in [0.15, 0.2) is 0 Å². The Morgan fingerprint density at radius 3 is 1.10 bits per heavy atom. The normalized spacial score (nSPS) is 14.1. The van der Waals surface area contributed by atoms with Crippen molar-refractivity contribution in [2.45, 2.75) is 30.7 Å². The lowest BCUT2D eigenvalue weighted by Gasteiger charge is -2.26. The largest absolute Gasteiger partial charge is 0.462 e. The molecule has 13 heteroatoms. The molecule has 0 saturated carbocycles. The summed E-state index contributed by atoms with van der Waals surface area (Å²) in [6, 6.07) is 0. The molecule has 0 aromatic heterocycles. The molecule has 0 bridgehead atoms. The lowest BCUT2D eigenvalue weighted by atomic mass is 10.3. The van der Waals surface area contributed by atoms with Gasteiger partial charge in [-0.2, -0.15) is 39.5 Å². The van der Waals surface area contributed by atoms with Gasteiger partial charge in [0.2, 0.25) is 0 Å². The van der Waals surface area contributed by atoms with E-state index in [-0.39, 0.29) is 7.11 Å². The average molecular weight is 332 g/mol. The zero-order valence-electron chi connectivity index (χ0n) is 9.55. The van der Waals surface area contributed by atoms with Crippen LogP contribution in [0.25, 0.3) is 0 Å². The van der Waals surface area contributed by atoms with E-state index in [1.54, 1.807) is 0 Å². The van der Waals surface area contributed by atoms with Crippen molar-refractivity contribution in [3.8, 4) is 0 Å². The third-order valence-corrected chi connectivity index (χ3v) is 1.50. The summed E-state index contributed by atoms with van der Waals surface area (Å²) in [5.74, 6) is -6.17. The van der Waals surface area contributed by atoms with Gasteiger partial charge in [-0.15, -0.1) is 0 Å². The first-order valence-electron chi connectivity index (χ1n) is 4.15. The highest BCUT2D eigenvalue weighted by molar-refractivity contribution is 4.84. The van der Waals surface area contributed by atoms with Gasteiger partial charge < -0.3 is 9.47 Å². The van der Waals surface area contributed by atoms with Crippen molar-refractivity contribution in [2.24, 2.45) is 0 Å². The first-order chi connectivity index (χ1) is 8.56.